The first-order valence-corrected chi connectivity index (χ1v) is 6.51. The molecule has 1 aromatic rings. The Kier molecular flexibility index (Phi) is 5.72. The first-order chi connectivity index (χ1) is 8.85. The van der Waals surface area contributed by atoms with Crippen molar-refractivity contribution in [2.75, 3.05) is 13.2 Å². The Morgan fingerprint density at radius 2 is 2.16 bits per heavy atom. The van der Waals surface area contributed by atoms with Crippen molar-refractivity contribution >= 4 is 17.3 Å². The number of nitro groups is 1. The molecule has 0 bridgehead atoms. The lowest BCUT2D eigenvalue weighted by Crippen LogP contribution is -2.37. The number of hydrogen-bond acceptors (Lipinski definition) is 4. The van der Waals surface area contributed by atoms with Crippen LogP contribution in [-0.2, 0) is 11.3 Å². The number of nitro benzene ring substituents is 1. The Morgan fingerprint density at radius 1 is 1.47 bits per heavy atom. The van der Waals surface area contributed by atoms with Gasteiger partial charge in [-0.3, -0.25) is 10.1 Å². The summed E-state index contributed by atoms with van der Waals surface area (Å²) in [6, 6.07) is 4.69. The molecule has 0 aliphatic carbocycles. The van der Waals surface area contributed by atoms with Gasteiger partial charge >= 0.3 is 0 Å². The molecule has 106 valence electrons. The zero-order chi connectivity index (χ0) is 14.5. The van der Waals surface area contributed by atoms with E-state index in [1.807, 2.05) is 20.8 Å². The average Bonchev–Trinajstić information content (AvgIpc) is 2.30. The summed E-state index contributed by atoms with van der Waals surface area (Å²) in [7, 11) is 0. The number of halogens is 1. The average molecular weight is 287 g/mol. The Hall–Kier alpha value is -1.17. The van der Waals surface area contributed by atoms with Crippen LogP contribution in [0.5, 0.6) is 0 Å². The molecule has 0 unspecified atom stereocenters. The molecule has 0 amide bonds. The van der Waals surface area contributed by atoms with Gasteiger partial charge < -0.3 is 10.1 Å². The van der Waals surface area contributed by atoms with Crippen LogP contribution >= 0.6 is 11.6 Å². The van der Waals surface area contributed by atoms with Crippen LogP contribution in [0, 0.1) is 10.1 Å². The molecule has 0 aromatic heterocycles. The maximum Gasteiger partial charge on any atom is 0.275 e. The molecule has 0 radical (unpaired) electrons. The predicted octanol–water partition coefficient (Wildman–Crippen LogP) is 3.15. The lowest BCUT2D eigenvalue weighted by Gasteiger charge is -2.25. The second-order valence-electron chi connectivity index (χ2n) is 4.83. The van der Waals surface area contributed by atoms with Crippen molar-refractivity contribution in [1.82, 2.24) is 5.32 Å². The van der Waals surface area contributed by atoms with E-state index in [2.05, 4.69) is 5.32 Å². The summed E-state index contributed by atoms with van der Waals surface area (Å²) in [5.41, 5.74) is 0.353. The van der Waals surface area contributed by atoms with Crippen LogP contribution < -0.4 is 5.32 Å². The summed E-state index contributed by atoms with van der Waals surface area (Å²) < 4.78 is 5.55. The number of nitrogens with one attached hydrogen (secondary N) is 1. The van der Waals surface area contributed by atoms with E-state index in [1.54, 1.807) is 12.1 Å². The molecule has 0 spiro atoms. The molecule has 0 saturated carbocycles. The zero-order valence-electron chi connectivity index (χ0n) is 11.4. The molecule has 0 aliphatic heterocycles. The van der Waals surface area contributed by atoms with Crippen LogP contribution in [0.4, 0.5) is 5.69 Å². The molecule has 1 rings (SSSR count). The minimum absolute atomic E-state index is 0.0363. The predicted molar refractivity (Wildman–Crippen MR) is 75.5 cm³/mol. The quantitative estimate of drug-likeness (QED) is 0.618. The van der Waals surface area contributed by atoms with Crippen molar-refractivity contribution in [2.24, 2.45) is 0 Å². The molecule has 1 N–H and O–H groups in total. The van der Waals surface area contributed by atoms with Gasteiger partial charge in [-0.1, -0.05) is 11.6 Å². The van der Waals surface area contributed by atoms with Crippen molar-refractivity contribution in [3.63, 3.8) is 0 Å². The molecule has 19 heavy (non-hydrogen) atoms. The molecule has 0 saturated heterocycles. The molecule has 1 aromatic carbocycles. The van der Waals surface area contributed by atoms with Crippen LogP contribution in [0.3, 0.4) is 0 Å². The monoisotopic (exact) mass is 286 g/mol. The standard InChI is InChI=1S/C13H19ClN2O3/c1-4-19-13(2,3)9-15-8-10-5-6-11(14)7-12(10)16(17)18/h5-7,15H,4,8-9H2,1-3H3. The van der Waals surface area contributed by atoms with Gasteiger partial charge in [0.05, 0.1) is 10.5 Å². The molecule has 0 heterocycles. The van der Waals surface area contributed by atoms with Crippen molar-refractivity contribution in [2.45, 2.75) is 32.9 Å². The summed E-state index contributed by atoms with van der Waals surface area (Å²) in [5, 5.41) is 14.5. The van der Waals surface area contributed by atoms with Gasteiger partial charge in [-0.2, -0.15) is 0 Å². The van der Waals surface area contributed by atoms with E-state index >= 15 is 0 Å². The molecule has 0 fully saturated rings. The SMILES string of the molecule is CCOC(C)(C)CNCc1ccc(Cl)cc1[N+](=O)[O-]. The minimum atomic E-state index is -0.420. The van der Waals surface area contributed by atoms with Crippen molar-refractivity contribution in [3.05, 3.63) is 38.9 Å². The number of benzene rings is 1. The molecule has 6 heteroatoms. The fourth-order valence-corrected chi connectivity index (χ4v) is 1.96. The lowest BCUT2D eigenvalue weighted by atomic mass is 10.1. The number of ether oxygens (including phenoxy) is 1. The van der Waals surface area contributed by atoms with Gasteiger partial charge in [0.15, 0.2) is 0 Å². The third-order valence-electron chi connectivity index (χ3n) is 2.65. The number of hydrogen-bond donors (Lipinski definition) is 1. The summed E-state index contributed by atoms with van der Waals surface area (Å²) in [6.07, 6.45) is 0. The van der Waals surface area contributed by atoms with Gasteiger partial charge in [-0.15, -0.1) is 0 Å². The van der Waals surface area contributed by atoms with Crippen LogP contribution in [0.15, 0.2) is 18.2 Å². The normalized spacial score (nSPS) is 11.6. The lowest BCUT2D eigenvalue weighted by molar-refractivity contribution is -0.385. The molecular weight excluding hydrogens is 268 g/mol. The first-order valence-electron chi connectivity index (χ1n) is 6.13. The van der Waals surface area contributed by atoms with Gasteiger partial charge in [-0.05, 0) is 32.9 Å². The van der Waals surface area contributed by atoms with Gasteiger partial charge in [0.1, 0.15) is 0 Å². The van der Waals surface area contributed by atoms with Crippen molar-refractivity contribution in [3.8, 4) is 0 Å². The second-order valence-corrected chi connectivity index (χ2v) is 5.26. The highest BCUT2D eigenvalue weighted by Crippen LogP contribution is 2.23. The minimum Gasteiger partial charge on any atom is -0.375 e. The maximum atomic E-state index is 10.9. The molecular formula is C13H19ClN2O3. The maximum absolute atomic E-state index is 10.9. The highest BCUT2D eigenvalue weighted by molar-refractivity contribution is 6.30. The van der Waals surface area contributed by atoms with Crippen molar-refractivity contribution in [1.29, 1.82) is 0 Å². The van der Waals surface area contributed by atoms with E-state index < -0.39 is 4.92 Å². The topological polar surface area (TPSA) is 64.4 Å². The fraction of sp³-hybridized carbons (Fsp3) is 0.538. The van der Waals surface area contributed by atoms with Gasteiger partial charge in [0.2, 0.25) is 0 Å². The fourth-order valence-electron chi connectivity index (χ4n) is 1.80. The highest BCUT2D eigenvalue weighted by Gasteiger charge is 2.18. The van der Waals surface area contributed by atoms with Crippen LogP contribution in [0.25, 0.3) is 0 Å². The van der Waals surface area contributed by atoms with Crippen LogP contribution in [0.2, 0.25) is 5.02 Å². The second kappa shape index (κ2) is 6.84. The van der Waals surface area contributed by atoms with E-state index in [0.717, 1.165) is 0 Å². The van der Waals surface area contributed by atoms with E-state index in [4.69, 9.17) is 16.3 Å². The number of nitrogens with zero attached hydrogens (tertiary/aromatic N) is 1. The summed E-state index contributed by atoms with van der Waals surface area (Å²) in [4.78, 5) is 10.5. The smallest absolute Gasteiger partial charge is 0.275 e. The van der Waals surface area contributed by atoms with Crippen molar-refractivity contribution < 1.29 is 9.66 Å². The largest absolute Gasteiger partial charge is 0.375 e. The van der Waals surface area contributed by atoms with Gasteiger partial charge in [-0.25, -0.2) is 0 Å². The third kappa shape index (κ3) is 5.14. The van der Waals surface area contributed by atoms with Gasteiger partial charge in [0, 0.05) is 36.3 Å². The summed E-state index contributed by atoms with van der Waals surface area (Å²) in [5.74, 6) is 0. The zero-order valence-corrected chi connectivity index (χ0v) is 12.2. The Balaban J connectivity index is 2.66. The van der Waals surface area contributed by atoms with E-state index in [0.29, 0.717) is 30.3 Å². The van der Waals surface area contributed by atoms with Crippen LogP contribution in [0.1, 0.15) is 26.3 Å². The summed E-state index contributed by atoms with van der Waals surface area (Å²) in [6.45, 7) is 7.53. The number of rotatable bonds is 7. The Bertz CT molecular complexity index is 450. The summed E-state index contributed by atoms with van der Waals surface area (Å²) >= 11 is 5.76. The molecule has 5 nitrogen and oxygen atoms in total. The first kappa shape index (κ1) is 15.9. The Morgan fingerprint density at radius 3 is 2.74 bits per heavy atom. The Labute approximate surface area is 118 Å². The van der Waals surface area contributed by atoms with E-state index in [1.165, 1.54) is 6.07 Å². The third-order valence-corrected chi connectivity index (χ3v) is 2.88. The highest BCUT2D eigenvalue weighted by atomic mass is 35.5. The van der Waals surface area contributed by atoms with E-state index in [9.17, 15) is 10.1 Å². The molecule has 0 aliphatic rings. The van der Waals surface area contributed by atoms with Crippen LogP contribution in [-0.4, -0.2) is 23.7 Å². The molecule has 0 atom stereocenters. The van der Waals surface area contributed by atoms with E-state index in [-0.39, 0.29) is 11.3 Å². The van der Waals surface area contributed by atoms with Gasteiger partial charge in [0.25, 0.3) is 5.69 Å².